The maximum absolute atomic E-state index is 14.1. The van der Waals surface area contributed by atoms with Crippen LogP contribution in [0.2, 0.25) is 0 Å². The predicted molar refractivity (Wildman–Crippen MR) is 127 cm³/mol. The summed E-state index contributed by atoms with van der Waals surface area (Å²) in [7, 11) is -0.948. The zero-order valence-corrected chi connectivity index (χ0v) is 19.8. The van der Waals surface area contributed by atoms with E-state index in [1.165, 1.54) is 44.5 Å². The minimum Gasteiger partial charge on any atom is -0.495 e. The molecule has 8 heteroatoms. The largest absolute Gasteiger partial charge is 0.495 e. The summed E-state index contributed by atoms with van der Waals surface area (Å²) in [5.41, 5.74) is 0.586. The highest BCUT2D eigenvalue weighted by atomic mass is 32.2. The summed E-state index contributed by atoms with van der Waals surface area (Å²) in [6.45, 7) is 3.90. The van der Waals surface area contributed by atoms with Gasteiger partial charge in [-0.1, -0.05) is 44.2 Å². The number of methoxy groups -OCH3 is 1. The Bertz CT molecular complexity index is 1240. The van der Waals surface area contributed by atoms with Gasteiger partial charge in [-0.2, -0.15) is 0 Å². The molecule has 0 aliphatic heterocycles. The monoisotopic (exact) mass is 470 g/mol. The van der Waals surface area contributed by atoms with Crippen molar-refractivity contribution in [1.82, 2.24) is 5.32 Å². The van der Waals surface area contributed by atoms with Crippen molar-refractivity contribution in [2.24, 2.45) is 0 Å². The van der Waals surface area contributed by atoms with Crippen molar-refractivity contribution in [3.8, 4) is 5.75 Å². The SMILES string of the molecule is COc1ccccc1N(C)S(=O)(=O)c1ccc(C(=O)NCC(C)(C)c2ccccc2F)cc1. The second-order valence-corrected chi connectivity index (χ2v) is 10.2. The van der Waals surface area contributed by atoms with Crippen molar-refractivity contribution < 1.29 is 22.3 Å². The number of anilines is 1. The molecule has 6 nitrogen and oxygen atoms in total. The third kappa shape index (κ3) is 5.17. The molecule has 0 atom stereocenters. The first-order valence-corrected chi connectivity index (χ1v) is 11.8. The fourth-order valence-electron chi connectivity index (χ4n) is 3.46. The summed E-state index contributed by atoms with van der Waals surface area (Å²) in [5, 5.41) is 2.80. The molecule has 174 valence electrons. The van der Waals surface area contributed by atoms with Crippen LogP contribution in [0, 0.1) is 5.82 Å². The number of carbonyl (C=O) groups is 1. The maximum atomic E-state index is 14.1. The van der Waals surface area contributed by atoms with E-state index in [9.17, 15) is 17.6 Å². The molecule has 3 aromatic rings. The van der Waals surface area contributed by atoms with Gasteiger partial charge in [0, 0.05) is 24.6 Å². The molecule has 3 rings (SSSR count). The van der Waals surface area contributed by atoms with Crippen LogP contribution < -0.4 is 14.4 Å². The van der Waals surface area contributed by atoms with Gasteiger partial charge in [0.15, 0.2) is 0 Å². The zero-order chi connectivity index (χ0) is 24.2. The number of ether oxygens (including phenoxy) is 1. The molecule has 0 bridgehead atoms. The summed E-state index contributed by atoms with van der Waals surface area (Å²) in [6.07, 6.45) is 0. The Labute approximate surface area is 194 Å². The molecule has 0 aromatic heterocycles. The number of rotatable bonds is 8. The summed E-state index contributed by atoms with van der Waals surface area (Å²) < 4.78 is 46.7. The second-order valence-electron chi connectivity index (χ2n) is 8.22. The van der Waals surface area contributed by atoms with Crippen LogP contribution in [0.1, 0.15) is 29.8 Å². The minimum atomic E-state index is -3.86. The van der Waals surface area contributed by atoms with Gasteiger partial charge < -0.3 is 10.1 Å². The predicted octanol–water partition coefficient (Wildman–Crippen LogP) is 4.37. The number of amides is 1. The quantitative estimate of drug-likeness (QED) is 0.531. The molecule has 3 aromatic carbocycles. The number of sulfonamides is 1. The summed E-state index contributed by atoms with van der Waals surface area (Å²) in [4.78, 5) is 12.7. The van der Waals surface area contributed by atoms with Crippen LogP contribution in [-0.4, -0.2) is 35.0 Å². The molecular formula is C25H27FN2O4S. The van der Waals surface area contributed by atoms with Gasteiger partial charge in [-0.3, -0.25) is 9.10 Å². The summed E-state index contributed by atoms with van der Waals surface area (Å²) in [6, 6.07) is 18.9. The Balaban J connectivity index is 1.74. The Morgan fingerprint density at radius 1 is 1.00 bits per heavy atom. The molecule has 0 radical (unpaired) electrons. The lowest BCUT2D eigenvalue weighted by atomic mass is 9.84. The van der Waals surface area contributed by atoms with E-state index >= 15 is 0 Å². The van der Waals surface area contributed by atoms with Crippen molar-refractivity contribution in [2.75, 3.05) is 25.0 Å². The minimum absolute atomic E-state index is 0.0409. The van der Waals surface area contributed by atoms with E-state index in [-0.39, 0.29) is 23.2 Å². The Hall–Kier alpha value is -3.39. The van der Waals surface area contributed by atoms with E-state index in [1.54, 1.807) is 42.5 Å². The topological polar surface area (TPSA) is 75.7 Å². The highest BCUT2D eigenvalue weighted by molar-refractivity contribution is 7.92. The number of halogens is 1. The normalized spacial score (nSPS) is 11.7. The fourth-order valence-corrected chi connectivity index (χ4v) is 4.67. The number of hydrogen-bond donors (Lipinski definition) is 1. The van der Waals surface area contributed by atoms with Gasteiger partial charge in [0.25, 0.3) is 15.9 Å². The molecule has 0 spiro atoms. The summed E-state index contributed by atoms with van der Waals surface area (Å²) in [5.74, 6) is -0.274. The molecule has 0 aliphatic carbocycles. The number of nitrogens with zero attached hydrogens (tertiary/aromatic N) is 1. The van der Waals surface area contributed by atoms with Crippen molar-refractivity contribution in [3.63, 3.8) is 0 Å². The number of nitrogens with one attached hydrogen (secondary N) is 1. The van der Waals surface area contributed by atoms with Crippen molar-refractivity contribution in [2.45, 2.75) is 24.2 Å². The first-order chi connectivity index (χ1) is 15.6. The van der Waals surface area contributed by atoms with Crippen LogP contribution in [0.5, 0.6) is 5.75 Å². The molecule has 33 heavy (non-hydrogen) atoms. The van der Waals surface area contributed by atoms with E-state index in [4.69, 9.17) is 4.74 Å². The molecule has 0 saturated heterocycles. The number of benzene rings is 3. The smallest absolute Gasteiger partial charge is 0.264 e. The Kier molecular flexibility index (Phi) is 7.07. The van der Waals surface area contributed by atoms with Gasteiger partial charge in [-0.15, -0.1) is 0 Å². The van der Waals surface area contributed by atoms with Crippen molar-refractivity contribution in [3.05, 3.63) is 89.7 Å². The van der Waals surface area contributed by atoms with E-state index in [0.717, 1.165) is 4.31 Å². The third-order valence-corrected chi connectivity index (χ3v) is 7.28. The average molecular weight is 471 g/mol. The number of carbonyl (C=O) groups excluding carboxylic acids is 1. The molecule has 1 amide bonds. The van der Waals surface area contributed by atoms with E-state index in [1.807, 2.05) is 13.8 Å². The molecule has 0 saturated carbocycles. The molecule has 0 fully saturated rings. The molecule has 1 N–H and O–H groups in total. The van der Waals surface area contributed by atoms with Crippen molar-refractivity contribution in [1.29, 1.82) is 0 Å². The van der Waals surface area contributed by atoms with Gasteiger partial charge in [0.2, 0.25) is 0 Å². The van der Waals surface area contributed by atoms with Crippen molar-refractivity contribution >= 4 is 21.6 Å². The van der Waals surface area contributed by atoms with E-state index in [2.05, 4.69) is 5.32 Å². The van der Waals surface area contributed by atoms with Gasteiger partial charge in [0.1, 0.15) is 11.6 Å². The third-order valence-electron chi connectivity index (χ3n) is 5.49. The van der Waals surface area contributed by atoms with Gasteiger partial charge in [-0.05, 0) is 48.0 Å². The molecule has 0 aliphatic rings. The maximum Gasteiger partial charge on any atom is 0.264 e. The first kappa shape index (κ1) is 24.3. The van der Waals surface area contributed by atoms with Crippen LogP contribution in [0.25, 0.3) is 0 Å². The standard InChI is InChI=1S/C25H27FN2O4S/c1-25(2,20-9-5-6-10-21(20)26)17-27-24(29)18-13-15-19(16-14-18)33(30,31)28(3)22-11-7-8-12-23(22)32-4/h5-16H,17H2,1-4H3,(H,27,29). The second kappa shape index (κ2) is 9.62. The van der Waals surface area contributed by atoms with E-state index < -0.39 is 15.4 Å². The zero-order valence-electron chi connectivity index (χ0n) is 19.0. The lowest BCUT2D eigenvalue weighted by Crippen LogP contribution is -2.37. The van der Waals surface area contributed by atoms with Crippen LogP contribution in [0.4, 0.5) is 10.1 Å². The van der Waals surface area contributed by atoms with Gasteiger partial charge in [-0.25, -0.2) is 12.8 Å². The lowest BCUT2D eigenvalue weighted by Gasteiger charge is -2.26. The average Bonchev–Trinajstić information content (AvgIpc) is 2.82. The Morgan fingerprint density at radius 3 is 2.24 bits per heavy atom. The van der Waals surface area contributed by atoms with Crippen LogP contribution in [0.15, 0.2) is 77.7 Å². The Morgan fingerprint density at radius 2 is 1.61 bits per heavy atom. The highest BCUT2D eigenvalue weighted by Crippen LogP contribution is 2.31. The number of hydrogen-bond acceptors (Lipinski definition) is 4. The van der Waals surface area contributed by atoms with Crippen LogP contribution in [0.3, 0.4) is 0 Å². The van der Waals surface area contributed by atoms with E-state index in [0.29, 0.717) is 22.6 Å². The molecule has 0 unspecified atom stereocenters. The van der Waals surface area contributed by atoms with Crippen LogP contribution >= 0.6 is 0 Å². The number of para-hydroxylation sites is 2. The first-order valence-electron chi connectivity index (χ1n) is 10.3. The lowest BCUT2D eigenvalue weighted by molar-refractivity contribution is 0.0945. The summed E-state index contributed by atoms with van der Waals surface area (Å²) >= 11 is 0. The molecular weight excluding hydrogens is 443 g/mol. The fraction of sp³-hybridized carbons (Fsp3) is 0.240. The van der Waals surface area contributed by atoms with Gasteiger partial charge in [0.05, 0.1) is 17.7 Å². The van der Waals surface area contributed by atoms with Gasteiger partial charge >= 0.3 is 0 Å². The molecule has 0 heterocycles. The highest BCUT2D eigenvalue weighted by Gasteiger charge is 2.26. The van der Waals surface area contributed by atoms with Crippen LogP contribution in [-0.2, 0) is 15.4 Å².